The second-order valence-corrected chi connectivity index (χ2v) is 17.8. The largest absolute Gasteiger partial charge is 0.488 e. The van der Waals surface area contributed by atoms with Crippen molar-refractivity contribution in [2.45, 2.75) is 121 Å². The molecule has 4 fully saturated rings. The van der Waals surface area contributed by atoms with Gasteiger partial charge >= 0.3 is 0 Å². The zero-order valence-corrected chi connectivity index (χ0v) is 35.0. The van der Waals surface area contributed by atoms with E-state index < -0.39 is 11.9 Å². The summed E-state index contributed by atoms with van der Waals surface area (Å²) >= 11 is 0. The number of hydrogen-bond donors (Lipinski definition) is 3. The fourth-order valence-electron chi connectivity index (χ4n) is 9.62. The fraction of sp³-hybridized carbons (Fsp3) is 0.565. The van der Waals surface area contributed by atoms with Gasteiger partial charge in [0.25, 0.3) is 5.91 Å². The molecule has 3 aliphatic heterocycles. The minimum atomic E-state index is -0.784. The third-order valence-corrected chi connectivity index (χ3v) is 13.6. The first-order valence-corrected chi connectivity index (χ1v) is 21.9. The van der Waals surface area contributed by atoms with Gasteiger partial charge in [0.15, 0.2) is 5.82 Å². The Kier molecular flexibility index (Phi) is 12.4. The van der Waals surface area contributed by atoms with Crippen LogP contribution in [0.5, 0.6) is 5.75 Å². The molecule has 320 valence electrons. The highest BCUT2D eigenvalue weighted by Crippen LogP contribution is 2.41. The number of nitrogens with one attached hydrogen (secondary N) is 2. The Balaban J connectivity index is 0.759. The van der Waals surface area contributed by atoms with Crippen LogP contribution in [0.15, 0.2) is 42.7 Å². The van der Waals surface area contributed by atoms with Crippen molar-refractivity contribution in [2.75, 3.05) is 48.8 Å². The standard InChI is InChI=1S/C46H59FN8O5/c1-46(17-18-46)60-34-8-10-38(48)36(24-34)44(49)39-25-41(52-28-51-39)54-19-13-30(14-20-54)23-29-3-6-32(7-4-29)59-33-15-21-53(22-16-33)40-11-9-35-37(43(40)47)26-55(45(35)58)31(27-56)5-12-42(57)50-2/h8-11,24-25,27-33,49H,3-7,12-23,26,48H2,1-2H3,(H,50,57). The summed E-state index contributed by atoms with van der Waals surface area (Å²) in [4.78, 5) is 51.5. The number of carbonyl (C=O) groups is 3. The molecular weight excluding hydrogens is 764 g/mol. The van der Waals surface area contributed by atoms with Crippen molar-refractivity contribution in [3.63, 3.8) is 0 Å². The van der Waals surface area contributed by atoms with Crippen LogP contribution in [0.3, 0.4) is 0 Å². The van der Waals surface area contributed by atoms with E-state index in [0.717, 1.165) is 76.0 Å². The lowest BCUT2D eigenvalue weighted by Gasteiger charge is -2.38. The summed E-state index contributed by atoms with van der Waals surface area (Å²) in [6, 6.07) is 10.0. The highest BCUT2D eigenvalue weighted by molar-refractivity contribution is 6.13. The Hall–Kier alpha value is -5.11. The molecule has 3 aromatic rings. The van der Waals surface area contributed by atoms with Crippen LogP contribution < -0.4 is 25.6 Å². The van der Waals surface area contributed by atoms with E-state index in [1.165, 1.54) is 31.2 Å². The summed E-state index contributed by atoms with van der Waals surface area (Å²) in [5.41, 5.74) is 9.25. The summed E-state index contributed by atoms with van der Waals surface area (Å²) in [6.45, 7) is 5.33. The van der Waals surface area contributed by atoms with E-state index in [2.05, 4.69) is 27.1 Å². The molecule has 0 radical (unpaired) electrons. The van der Waals surface area contributed by atoms with E-state index in [1.807, 2.05) is 23.1 Å². The molecule has 60 heavy (non-hydrogen) atoms. The van der Waals surface area contributed by atoms with Gasteiger partial charge in [-0.1, -0.05) is 0 Å². The fourth-order valence-corrected chi connectivity index (χ4v) is 9.62. The van der Waals surface area contributed by atoms with Crippen molar-refractivity contribution in [1.82, 2.24) is 20.2 Å². The number of nitrogens with two attached hydrogens (primary N) is 1. The van der Waals surface area contributed by atoms with Gasteiger partial charge in [0.2, 0.25) is 5.91 Å². The van der Waals surface area contributed by atoms with Gasteiger partial charge in [-0.25, -0.2) is 14.4 Å². The van der Waals surface area contributed by atoms with Crippen LogP contribution in [-0.2, 0) is 20.9 Å². The van der Waals surface area contributed by atoms with Crippen LogP contribution in [0.2, 0.25) is 0 Å². The number of aldehydes is 1. The molecule has 4 N–H and O–H groups in total. The van der Waals surface area contributed by atoms with Gasteiger partial charge in [-0.2, -0.15) is 0 Å². The minimum absolute atomic E-state index is 0.0205. The first-order valence-electron chi connectivity index (χ1n) is 21.9. The monoisotopic (exact) mass is 822 g/mol. The van der Waals surface area contributed by atoms with E-state index in [-0.39, 0.29) is 60.3 Å². The molecule has 2 saturated carbocycles. The Morgan fingerprint density at radius 3 is 2.38 bits per heavy atom. The number of fused-ring (bicyclic) bond motifs is 1. The van der Waals surface area contributed by atoms with Crippen molar-refractivity contribution >= 4 is 41.0 Å². The number of halogens is 1. The molecule has 8 rings (SSSR count). The highest BCUT2D eigenvalue weighted by Gasteiger charge is 2.40. The molecule has 0 bridgehead atoms. The molecule has 1 aromatic heterocycles. The predicted octanol–water partition coefficient (Wildman–Crippen LogP) is 6.45. The van der Waals surface area contributed by atoms with Gasteiger partial charge in [0.1, 0.15) is 29.8 Å². The molecular formula is C46H59FN8O5. The second-order valence-electron chi connectivity index (χ2n) is 17.8. The Labute approximate surface area is 352 Å². The topological polar surface area (TPSA) is 167 Å². The number of aromatic nitrogens is 2. The Bertz CT molecular complexity index is 2070. The number of nitrogen functional groups attached to an aromatic ring is 1. The smallest absolute Gasteiger partial charge is 0.255 e. The molecule has 4 heterocycles. The van der Waals surface area contributed by atoms with Crippen molar-refractivity contribution in [3.8, 4) is 5.75 Å². The van der Waals surface area contributed by atoms with Crippen LogP contribution in [0.25, 0.3) is 0 Å². The lowest BCUT2D eigenvalue weighted by atomic mass is 9.79. The summed E-state index contributed by atoms with van der Waals surface area (Å²) in [5, 5.41) is 11.5. The number of piperidine rings is 2. The van der Waals surface area contributed by atoms with E-state index in [1.54, 1.807) is 24.5 Å². The summed E-state index contributed by atoms with van der Waals surface area (Å²) in [6.07, 6.45) is 14.6. The molecule has 2 aliphatic carbocycles. The molecule has 0 spiro atoms. The van der Waals surface area contributed by atoms with E-state index in [4.69, 9.17) is 20.6 Å². The average molecular weight is 823 g/mol. The van der Waals surface area contributed by atoms with Crippen molar-refractivity contribution in [3.05, 3.63) is 70.9 Å². The lowest BCUT2D eigenvalue weighted by Crippen LogP contribution is -2.39. The van der Waals surface area contributed by atoms with Crippen LogP contribution in [-0.4, -0.2) is 95.8 Å². The summed E-state index contributed by atoms with van der Waals surface area (Å²) < 4.78 is 28.7. The van der Waals surface area contributed by atoms with E-state index >= 15 is 4.39 Å². The van der Waals surface area contributed by atoms with Crippen LogP contribution >= 0.6 is 0 Å². The van der Waals surface area contributed by atoms with Crippen LogP contribution in [0.1, 0.15) is 118 Å². The maximum absolute atomic E-state index is 15.9. The number of nitrogens with zero attached hydrogens (tertiary/aromatic N) is 5. The molecule has 5 aliphatic rings. The van der Waals surface area contributed by atoms with Gasteiger partial charge in [-0.3, -0.25) is 15.0 Å². The number of benzene rings is 2. The lowest BCUT2D eigenvalue weighted by molar-refractivity contribution is -0.121. The van der Waals surface area contributed by atoms with Crippen molar-refractivity contribution in [2.24, 2.45) is 11.8 Å². The highest BCUT2D eigenvalue weighted by atomic mass is 19.1. The molecule has 2 saturated heterocycles. The maximum atomic E-state index is 15.9. The van der Waals surface area contributed by atoms with E-state index in [0.29, 0.717) is 59.4 Å². The molecule has 14 heteroatoms. The van der Waals surface area contributed by atoms with Gasteiger partial charge in [-0.15, -0.1) is 0 Å². The number of ether oxygens (including phenoxy) is 2. The van der Waals surface area contributed by atoms with Crippen LogP contribution in [0.4, 0.5) is 21.6 Å². The first kappa shape index (κ1) is 41.6. The minimum Gasteiger partial charge on any atom is -0.488 e. The zero-order chi connectivity index (χ0) is 42.0. The second kappa shape index (κ2) is 17.9. The Morgan fingerprint density at radius 2 is 1.68 bits per heavy atom. The SMILES string of the molecule is CNC(=O)CCC(C=O)N1Cc2c(ccc(N3CCC(OC4CCC(CC5CCN(c6cc(C(=N)c7cc(OC8(C)CC8)ccc7N)ncn6)CC5)CC4)CC3)c2F)C1=O. The molecule has 13 nitrogen and oxygen atoms in total. The van der Waals surface area contributed by atoms with Gasteiger partial charge in [0.05, 0.1) is 41.9 Å². The van der Waals surface area contributed by atoms with Gasteiger partial charge in [-0.05, 0) is 126 Å². The number of rotatable bonds is 15. The quantitative estimate of drug-likeness (QED) is 0.0882. The van der Waals surface area contributed by atoms with Crippen molar-refractivity contribution < 1.29 is 28.2 Å². The third kappa shape index (κ3) is 9.28. The molecule has 1 atom stereocenters. The van der Waals surface area contributed by atoms with Gasteiger partial charge < -0.3 is 40.0 Å². The summed E-state index contributed by atoms with van der Waals surface area (Å²) in [7, 11) is 1.53. The third-order valence-electron chi connectivity index (χ3n) is 13.6. The van der Waals surface area contributed by atoms with Gasteiger partial charge in [0, 0.05) is 68.1 Å². The van der Waals surface area contributed by atoms with Crippen LogP contribution in [0, 0.1) is 23.1 Å². The predicted molar refractivity (Wildman–Crippen MR) is 228 cm³/mol. The zero-order valence-electron chi connectivity index (χ0n) is 35.0. The molecule has 1 unspecified atom stereocenters. The normalized spacial score (nSPS) is 22.3. The average Bonchev–Trinajstić information content (AvgIpc) is 3.90. The number of anilines is 3. The Morgan fingerprint density at radius 1 is 0.983 bits per heavy atom. The first-order chi connectivity index (χ1) is 29.0. The number of carbonyl (C=O) groups excluding carboxylic acids is 3. The van der Waals surface area contributed by atoms with Crippen molar-refractivity contribution in [1.29, 1.82) is 5.41 Å². The number of hydrogen-bond acceptors (Lipinski definition) is 11. The summed E-state index contributed by atoms with van der Waals surface area (Å²) in [5.74, 6) is 1.99. The van der Waals surface area contributed by atoms with E-state index in [9.17, 15) is 14.4 Å². The maximum Gasteiger partial charge on any atom is 0.255 e. The molecule has 2 amide bonds. The molecule has 2 aromatic carbocycles. The number of amides is 2.